The van der Waals surface area contributed by atoms with E-state index in [0.29, 0.717) is 5.33 Å². The summed E-state index contributed by atoms with van der Waals surface area (Å²) in [4.78, 5) is 11.1. The summed E-state index contributed by atoms with van der Waals surface area (Å²) in [6, 6.07) is 7.50. The predicted molar refractivity (Wildman–Crippen MR) is 66.8 cm³/mol. The largest absolute Gasteiger partial charge is 0.497 e. The van der Waals surface area contributed by atoms with Crippen molar-refractivity contribution in [1.82, 2.24) is 0 Å². The van der Waals surface area contributed by atoms with Gasteiger partial charge in [-0.2, -0.15) is 0 Å². The Labute approximate surface area is 103 Å². The number of allylic oxidation sites excluding steroid dienone is 1. The van der Waals surface area contributed by atoms with E-state index >= 15 is 0 Å². The highest BCUT2D eigenvalue weighted by molar-refractivity contribution is 9.09. The van der Waals surface area contributed by atoms with E-state index in [1.165, 1.54) is 13.2 Å². The van der Waals surface area contributed by atoms with Gasteiger partial charge in [0.2, 0.25) is 0 Å². The van der Waals surface area contributed by atoms with Crippen molar-refractivity contribution in [2.24, 2.45) is 0 Å². The summed E-state index contributed by atoms with van der Waals surface area (Å²) in [6.45, 7) is 0. The number of halogens is 1. The first-order chi connectivity index (χ1) is 7.71. The van der Waals surface area contributed by atoms with Crippen LogP contribution in [0.2, 0.25) is 0 Å². The minimum absolute atomic E-state index is 0.356. The average molecular weight is 285 g/mol. The van der Waals surface area contributed by atoms with Gasteiger partial charge in [-0.25, -0.2) is 4.79 Å². The van der Waals surface area contributed by atoms with Crippen LogP contribution in [-0.2, 0) is 9.53 Å². The number of methoxy groups -OCH3 is 2. The number of benzene rings is 1. The molecule has 0 aliphatic heterocycles. The monoisotopic (exact) mass is 284 g/mol. The summed E-state index contributed by atoms with van der Waals surface area (Å²) in [5.74, 6) is 0.431. The lowest BCUT2D eigenvalue weighted by atomic mass is 10.1. The van der Waals surface area contributed by atoms with Crippen molar-refractivity contribution in [2.75, 3.05) is 19.5 Å². The summed E-state index contributed by atoms with van der Waals surface area (Å²) in [7, 11) is 2.98. The molecule has 1 rings (SSSR count). The van der Waals surface area contributed by atoms with E-state index in [0.717, 1.165) is 16.9 Å². The van der Waals surface area contributed by atoms with Crippen LogP contribution in [-0.4, -0.2) is 25.5 Å². The topological polar surface area (TPSA) is 35.5 Å². The van der Waals surface area contributed by atoms with Gasteiger partial charge in [-0.1, -0.05) is 28.1 Å². The molecule has 86 valence electrons. The maximum Gasteiger partial charge on any atom is 0.330 e. The molecule has 0 atom stereocenters. The molecule has 0 bridgehead atoms. The highest BCUT2D eigenvalue weighted by atomic mass is 79.9. The molecule has 1 aromatic carbocycles. The number of esters is 1. The maximum atomic E-state index is 11.1. The van der Waals surface area contributed by atoms with Crippen molar-refractivity contribution in [3.8, 4) is 5.75 Å². The molecule has 0 aliphatic carbocycles. The molecule has 0 aromatic heterocycles. The number of hydrogen-bond donors (Lipinski definition) is 0. The van der Waals surface area contributed by atoms with E-state index in [4.69, 9.17) is 4.74 Å². The smallest absolute Gasteiger partial charge is 0.330 e. The fraction of sp³-hybridized carbons (Fsp3) is 0.250. The first-order valence-corrected chi connectivity index (χ1v) is 5.82. The molecule has 0 unspecified atom stereocenters. The van der Waals surface area contributed by atoms with Crippen LogP contribution in [0.5, 0.6) is 5.75 Å². The molecule has 0 saturated heterocycles. The summed E-state index contributed by atoms with van der Waals surface area (Å²) in [6.07, 6.45) is 1.47. The van der Waals surface area contributed by atoms with Crippen LogP contribution >= 0.6 is 15.9 Å². The molecule has 0 N–H and O–H groups in total. The van der Waals surface area contributed by atoms with Crippen LogP contribution in [0.4, 0.5) is 0 Å². The summed E-state index contributed by atoms with van der Waals surface area (Å²) in [5.41, 5.74) is 1.83. The number of carbonyl (C=O) groups excluding carboxylic acids is 1. The van der Waals surface area contributed by atoms with Gasteiger partial charge >= 0.3 is 5.97 Å². The molecule has 0 spiro atoms. The number of hydrogen-bond acceptors (Lipinski definition) is 3. The lowest BCUT2D eigenvalue weighted by molar-refractivity contribution is -0.134. The molecule has 16 heavy (non-hydrogen) atoms. The Hall–Kier alpha value is -1.29. The zero-order valence-corrected chi connectivity index (χ0v) is 10.8. The Morgan fingerprint density at radius 1 is 1.31 bits per heavy atom. The minimum atomic E-state index is -0.356. The Balaban J connectivity index is 2.95. The predicted octanol–water partition coefficient (Wildman–Crippen LogP) is 2.65. The van der Waals surface area contributed by atoms with Crippen molar-refractivity contribution in [2.45, 2.75) is 0 Å². The van der Waals surface area contributed by atoms with E-state index in [1.54, 1.807) is 7.11 Å². The molecule has 3 nitrogen and oxygen atoms in total. The van der Waals surface area contributed by atoms with Crippen LogP contribution in [0.25, 0.3) is 5.57 Å². The van der Waals surface area contributed by atoms with Gasteiger partial charge in [0.1, 0.15) is 5.75 Å². The Morgan fingerprint density at radius 2 is 1.94 bits per heavy atom. The van der Waals surface area contributed by atoms with Crippen LogP contribution in [0.3, 0.4) is 0 Å². The molecule has 0 radical (unpaired) electrons. The third-order valence-corrected chi connectivity index (χ3v) is 2.70. The lowest BCUT2D eigenvalue weighted by Crippen LogP contribution is -1.98. The Bertz CT molecular complexity index is 382. The third kappa shape index (κ3) is 3.38. The van der Waals surface area contributed by atoms with Gasteiger partial charge in [-0.05, 0) is 23.3 Å². The number of alkyl halides is 1. The van der Waals surface area contributed by atoms with Crippen molar-refractivity contribution in [3.05, 3.63) is 35.9 Å². The first kappa shape index (κ1) is 12.8. The molecule has 0 aliphatic rings. The lowest BCUT2D eigenvalue weighted by Gasteiger charge is -2.05. The van der Waals surface area contributed by atoms with Crippen LogP contribution < -0.4 is 4.74 Å². The van der Waals surface area contributed by atoms with Gasteiger partial charge in [-0.15, -0.1) is 0 Å². The summed E-state index contributed by atoms with van der Waals surface area (Å²) in [5, 5.41) is 0.592. The Kier molecular flexibility index (Phi) is 5.05. The summed E-state index contributed by atoms with van der Waals surface area (Å²) >= 11 is 3.34. The SMILES string of the molecule is COC(=O)/C=C(\CBr)c1ccc(OC)cc1. The quantitative estimate of drug-likeness (QED) is 0.484. The van der Waals surface area contributed by atoms with Crippen LogP contribution in [0, 0.1) is 0 Å². The van der Waals surface area contributed by atoms with E-state index < -0.39 is 0 Å². The van der Waals surface area contributed by atoms with Crippen molar-refractivity contribution in [3.63, 3.8) is 0 Å². The maximum absolute atomic E-state index is 11.1. The van der Waals surface area contributed by atoms with Gasteiger partial charge in [0.15, 0.2) is 0 Å². The molecule has 0 fully saturated rings. The van der Waals surface area contributed by atoms with Gasteiger partial charge in [0.05, 0.1) is 14.2 Å². The van der Waals surface area contributed by atoms with E-state index in [9.17, 15) is 4.79 Å². The fourth-order valence-corrected chi connectivity index (χ4v) is 1.69. The number of rotatable bonds is 4. The van der Waals surface area contributed by atoms with E-state index in [2.05, 4.69) is 20.7 Å². The number of carbonyl (C=O) groups is 1. The molecule has 0 amide bonds. The Morgan fingerprint density at radius 3 is 2.38 bits per heavy atom. The van der Waals surface area contributed by atoms with Crippen LogP contribution in [0.1, 0.15) is 5.56 Å². The van der Waals surface area contributed by atoms with Gasteiger partial charge in [0.25, 0.3) is 0 Å². The van der Waals surface area contributed by atoms with E-state index in [-0.39, 0.29) is 5.97 Å². The minimum Gasteiger partial charge on any atom is -0.497 e. The second-order valence-corrected chi connectivity index (χ2v) is 3.62. The second kappa shape index (κ2) is 6.33. The molecular formula is C12H13BrO3. The van der Waals surface area contributed by atoms with Crippen molar-refractivity contribution < 1.29 is 14.3 Å². The molecule has 1 aromatic rings. The standard InChI is InChI=1S/C12H13BrO3/c1-15-11-5-3-9(4-6-11)10(8-13)7-12(14)16-2/h3-7H,8H2,1-2H3/b10-7+. The highest BCUT2D eigenvalue weighted by Crippen LogP contribution is 2.20. The molecule has 0 heterocycles. The zero-order valence-electron chi connectivity index (χ0n) is 9.20. The third-order valence-electron chi connectivity index (χ3n) is 2.10. The molecular weight excluding hydrogens is 272 g/mol. The normalized spacial score (nSPS) is 11.1. The van der Waals surface area contributed by atoms with Gasteiger partial charge in [-0.3, -0.25) is 0 Å². The second-order valence-electron chi connectivity index (χ2n) is 3.05. The molecule has 0 saturated carbocycles. The van der Waals surface area contributed by atoms with Crippen molar-refractivity contribution in [1.29, 1.82) is 0 Å². The highest BCUT2D eigenvalue weighted by Gasteiger charge is 2.04. The van der Waals surface area contributed by atoms with Gasteiger partial charge in [0, 0.05) is 11.4 Å². The fourth-order valence-electron chi connectivity index (χ4n) is 1.21. The number of ether oxygens (including phenoxy) is 2. The van der Waals surface area contributed by atoms with Crippen molar-refractivity contribution >= 4 is 27.5 Å². The first-order valence-electron chi connectivity index (χ1n) is 4.70. The van der Waals surface area contributed by atoms with Crippen LogP contribution in [0.15, 0.2) is 30.3 Å². The van der Waals surface area contributed by atoms with E-state index in [1.807, 2.05) is 24.3 Å². The molecule has 4 heteroatoms. The summed E-state index contributed by atoms with van der Waals surface area (Å²) < 4.78 is 9.65. The van der Waals surface area contributed by atoms with Gasteiger partial charge < -0.3 is 9.47 Å². The zero-order chi connectivity index (χ0) is 12.0. The average Bonchev–Trinajstić information content (AvgIpc) is 2.35.